The molecular formula is C25H26Cl2N2O2S. The van der Waals surface area contributed by atoms with Crippen LogP contribution in [0.15, 0.2) is 35.2 Å². The Kier molecular flexibility index (Phi) is 5.63. The first-order valence-corrected chi connectivity index (χ1v) is 12.7. The third-order valence-corrected chi connectivity index (χ3v) is 7.98. The van der Waals surface area contributed by atoms with E-state index in [4.69, 9.17) is 27.9 Å². The van der Waals surface area contributed by atoms with Gasteiger partial charge in [0.15, 0.2) is 0 Å². The molecule has 0 unspecified atom stereocenters. The molecule has 2 aliphatic rings. The van der Waals surface area contributed by atoms with Crippen LogP contribution >= 0.6 is 35.0 Å². The summed E-state index contributed by atoms with van der Waals surface area (Å²) in [4.78, 5) is 16.0. The number of thioether (sulfide) groups is 1. The summed E-state index contributed by atoms with van der Waals surface area (Å²) in [6.07, 6.45) is 1.68. The van der Waals surface area contributed by atoms with Gasteiger partial charge in [0.25, 0.3) is 0 Å². The highest BCUT2D eigenvalue weighted by atomic mass is 35.5. The van der Waals surface area contributed by atoms with E-state index in [1.165, 1.54) is 27.1 Å². The van der Waals surface area contributed by atoms with Crippen LogP contribution in [0.4, 0.5) is 4.79 Å². The zero-order chi connectivity index (χ0) is 22.6. The molecule has 3 aromatic rings. The summed E-state index contributed by atoms with van der Waals surface area (Å²) in [6.45, 7) is 7.90. The Morgan fingerprint density at radius 2 is 1.91 bits per heavy atom. The molecular weight excluding hydrogens is 463 g/mol. The number of aromatic nitrogens is 1. The molecule has 7 heteroatoms. The van der Waals surface area contributed by atoms with Crippen LogP contribution in [0.25, 0.3) is 22.0 Å². The van der Waals surface area contributed by atoms with Crippen molar-refractivity contribution in [2.75, 3.05) is 12.3 Å². The first-order valence-electron chi connectivity index (χ1n) is 11.0. The van der Waals surface area contributed by atoms with Crippen molar-refractivity contribution in [2.24, 2.45) is 0 Å². The number of hydrogen-bond acceptors (Lipinski definition) is 3. The molecule has 168 valence electrons. The number of fused-ring (bicyclic) bond motifs is 3. The van der Waals surface area contributed by atoms with Crippen LogP contribution in [0.2, 0.25) is 10.0 Å². The molecule has 0 aliphatic carbocycles. The van der Waals surface area contributed by atoms with E-state index in [0.717, 1.165) is 36.3 Å². The lowest BCUT2D eigenvalue weighted by molar-refractivity contribution is 0.0223. The predicted molar refractivity (Wildman–Crippen MR) is 133 cm³/mol. The van der Waals surface area contributed by atoms with Crippen LogP contribution in [0, 0.1) is 0 Å². The minimum Gasteiger partial charge on any atom is -0.444 e. The molecule has 0 bridgehead atoms. The first-order chi connectivity index (χ1) is 15.2. The highest BCUT2D eigenvalue weighted by Crippen LogP contribution is 2.45. The summed E-state index contributed by atoms with van der Waals surface area (Å²) < 4.78 is 8.16. The Morgan fingerprint density at radius 1 is 1.09 bits per heavy atom. The minimum absolute atomic E-state index is 0.260. The number of ether oxygens (including phenoxy) is 1. The Hall–Kier alpha value is -1.82. The molecule has 2 aliphatic heterocycles. The molecule has 4 nitrogen and oxygen atoms in total. The summed E-state index contributed by atoms with van der Waals surface area (Å²) >= 11 is 14.9. The standard InChI is InChI=1S/C25H26Cl2N2O2S/c1-25(2,3)31-24(30)28-12-10-19-17(14-28)21-15(16-6-4-7-18(26)22(16)27)8-9-20-23(21)29(19)11-5-13-32-20/h4,6-9H,5,10-14H2,1-3H3. The highest BCUT2D eigenvalue weighted by molar-refractivity contribution is 7.99. The SMILES string of the molecule is CC(C)(C)OC(=O)N1CCc2c(c3c(-c4cccc(Cl)c4Cl)ccc4c3n2CCCS4)C1. The zero-order valence-electron chi connectivity index (χ0n) is 18.5. The van der Waals surface area contributed by atoms with E-state index in [1.807, 2.05) is 55.6 Å². The van der Waals surface area contributed by atoms with Gasteiger partial charge < -0.3 is 14.2 Å². The lowest BCUT2D eigenvalue weighted by Gasteiger charge is -2.31. The monoisotopic (exact) mass is 488 g/mol. The fourth-order valence-corrected chi connectivity index (χ4v) is 6.15. The van der Waals surface area contributed by atoms with E-state index >= 15 is 0 Å². The lowest BCUT2D eigenvalue weighted by Crippen LogP contribution is -2.40. The van der Waals surface area contributed by atoms with E-state index in [-0.39, 0.29) is 6.09 Å². The van der Waals surface area contributed by atoms with Crippen LogP contribution in [-0.2, 0) is 24.2 Å². The third kappa shape index (κ3) is 3.78. The molecule has 1 aromatic heterocycles. The average Bonchev–Trinajstić information content (AvgIpc) is 2.90. The number of aryl methyl sites for hydroxylation is 1. The number of rotatable bonds is 1. The van der Waals surface area contributed by atoms with E-state index in [1.54, 1.807) is 0 Å². The Bertz CT molecular complexity index is 1230. The fraction of sp³-hybridized carbons (Fsp3) is 0.400. The quantitative estimate of drug-likeness (QED) is 0.357. The van der Waals surface area contributed by atoms with Crippen LogP contribution in [0.3, 0.4) is 0 Å². The third-order valence-electron chi connectivity index (χ3n) is 6.03. The molecule has 3 heterocycles. The number of hydrogen-bond donors (Lipinski definition) is 0. The number of halogens is 2. The van der Waals surface area contributed by atoms with Crippen molar-refractivity contribution in [1.82, 2.24) is 9.47 Å². The van der Waals surface area contributed by atoms with Gasteiger partial charge in [-0.15, -0.1) is 11.8 Å². The minimum atomic E-state index is -0.518. The molecule has 0 saturated heterocycles. The number of carbonyl (C=O) groups is 1. The Labute approximate surface area is 202 Å². The second-order valence-electron chi connectivity index (χ2n) is 9.37. The van der Waals surface area contributed by atoms with Crippen molar-refractivity contribution in [3.63, 3.8) is 0 Å². The molecule has 0 N–H and O–H groups in total. The molecule has 5 rings (SSSR count). The number of nitrogens with zero attached hydrogens (tertiary/aromatic N) is 2. The normalized spacial score (nSPS) is 16.1. The van der Waals surface area contributed by atoms with E-state index in [2.05, 4.69) is 16.7 Å². The average molecular weight is 489 g/mol. The molecule has 0 atom stereocenters. The van der Waals surface area contributed by atoms with Crippen LogP contribution in [-0.4, -0.2) is 33.5 Å². The maximum absolute atomic E-state index is 12.9. The van der Waals surface area contributed by atoms with Gasteiger partial charge in [0.2, 0.25) is 0 Å². The molecule has 1 amide bonds. The van der Waals surface area contributed by atoms with E-state index in [0.29, 0.717) is 23.1 Å². The first kappa shape index (κ1) is 22.0. The maximum atomic E-state index is 12.9. The van der Waals surface area contributed by atoms with Crippen molar-refractivity contribution in [2.45, 2.75) is 57.2 Å². The highest BCUT2D eigenvalue weighted by Gasteiger charge is 2.32. The summed E-state index contributed by atoms with van der Waals surface area (Å²) in [7, 11) is 0. The number of benzene rings is 2. The smallest absolute Gasteiger partial charge is 0.410 e. The molecule has 0 radical (unpaired) electrons. The molecule has 0 fully saturated rings. The molecule has 2 aromatic carbocycles. The van der Waals surface area contributed by atoms with Crippen LogP contribution in [0.5, 0.6) is 0 Å². The van der Waals surface area contributed by atoms with E-state index in [9.17, 15) is 4.79 Å². The van der Waals surface area contributed by atoms with Gasteiger partial charge >= 0.3 is 6.09 Å². The van der Waals surface area contributed by atoms with Gasteiger partial charge in [-0.05, 0) is 50.6 Å². The van der Waals surface area contributed by atoms with Gasteiger partial charge in [-0.2, -0.15) is 0 Å². The second-order valence-corrected chi connectivity index (χ2v) is 11.3. The number of carbonyl (C=O) groups excluding carboxylic acids is 1. The topological polar surface area (TPSA) is 34.5 Å². The van der Waals surface area contributed by atoms with Gasteiger partial charge in [-0.3, -0.25) is 0 Å². The Morgan fingerprint density at radius 3 is 2.69 bits per heavy atom. The predicted octanol–water partition coefficient (Wildman–Crippen LogP) is 7.40. The second kappa shape index (κ2) is 8.19. The lowest BCUT2D eigenvalue weighted by atomic mass is 9.96. The van der Waals surface area contributed by atoms with Crippen LogP contribution < -0.4 is 0 Å². The van der Waals surface area contributed by atoms with Crippen molar-refractivity contribution in [1.29, 1.82) is 0 Å². The summed E-state index contributed by atoms with van der Waals surface area (Å²) in [5.41, 5.74) is 5.27. The van der Waals surface area contributed by atoms with Crippen molar-refractivity contribution < 1.29 is 9.53 Å². The largest absolute Gasteiger partial charge is 0.444 e. The van der Waals surface area contributed by atoms with Gasteiger partial charge in [0.1, 0.15) is 5.60 Å². The Balaban J connectivity index is 1.71. The van der Waals surface area contributed by atoms with Gasteiger partial charge in [0, 0.05) is 46.6 Å². The van der Waals surface area contributed by atoms with Crippen LogP contribution in [0.1, 0.15) is 38.4 Å². The molecule has 0 spiro atoms. The van der Waals surface area contributed by atoms with Gasteiger partial charge in [0.05, 0.1) is 22.1 Å². The van der Waals surface area contributed by atoms with Crippen molar-refractivity contribution in [3.05, 3.63) is 51.6 Å². The van der Waals surface area contributed by atoms with Crippen molar-refractivity contribution in [3.8, 4) is 11.1 Å². The maximum Gasteiger partial charge on any atom is 0.410 e. The fourth-order valence-electron chi connectivity index (χ4n) is 4.74. The van der Waals surface area contributed by atoms with Crippen molar-refractivity contribution >= 4 is 52.0 Å². The molecule has 32 heavy (non-hydrogen) atoms. The summed E-state index contributed by atoms with van der Waals surface area (Å²) in [6, 6.07) is 10.1. The molecule has 0 saturated carbocycles. The summed E-state index contributed by atoms with van der Waals surface area (Å²) in [5, 5.41) is 2.29. The van der Waals surface area contributed by atoms with Gasteiger partial charge in [-0.1, -0.05) is 41.4 Å². The zero-order valence-corrected chi connectivity index (χ0v) is 20.8. The van der Waals surface area contributed by atoms with E-state index < -0.39 is 5.60 Å². The van der Waals surface area contributed by atoms with Gasteiger partial charge in [-0.25, -0.2) is 4.79 Å². The number of amides is 1. The summed E-state index contributed by atoms with van der Waals surface area (Å²) in [5.74, 6) is 1.10.